The molecule has 0 spiro atoms. The summed E-state index contributed by atoms with van der Waals surface area (Å²) in [7, 11) is 0. The van der Waals surface area contributed by atoms with Gasteiger partial charge in [0, 0.05) is 11.7 Å². The Morgan fingerprint density at radius 3 is 2.92 bits per heavy atom. The molecule has 3 atom stereocenters. The number of aliphatic carboxylic acids is 1. The predicted octanol–water partition coefficient (Wildman–Crippen LogP) is 0.566. The fraction of sp³-hybridized carbons (Fsp3) is 0.875. The van der Waals surface area contributed by atoms with Crippen LogP contribution in [0.2, 0.25) is 0 Å². The lowest BCUT2D eigenvalue weighted by molar-refractivity contribution is -0.153. The lowest BCUT2D eigenvalue weighted by atomic mass is 10.1. The van der Waals surface area contributed by atoms with E-state index in [1.165, 1.54) is 0 Å². The minimum absolute atomic E-state index is 0.196. The van der Waals surface area contributed by atoms with E-state index in [-0.39, 0.29) is 12.9 Å². The van der Waals surface area contributed by atoms with Crippen molar-refractivity contribution in [2.75, 3.05) is 18.1 Å². The molecule has 13 heavy (non-hydrogen) atoms. The number of rotatable bonds is 2. The van der Waals surface area contributed by atoms with Gasteiger partial charge in [-0.15, -0.1) is 0 Å². The highest BCUT2D eigenvalue weighted by atomic mass is 32.2. The third kappa shape index (κ3) is 1.98. The normalized spacial score (nSPS) is 39.5. The van der Waals surface area contributed by atoms with E-state index in [9.17, 15) is 4.79 Å². The van der Waals surface area contributed by atoms with Gasteiger partial charge in [0.1, 0.15) is 0 Å². The third-order valence-electron chi connectivity index (χ3n) is 2.34. The van der Waals surface area contributed by atoms with Crippen LogP contribution in [0.4, 0.5) is 0 Å². The number of ether oxygens (including phenoxy) is 2. The molecule has 2 rings (SSSR count). The van der Waals surface area contributed by atoms with Crippen LogP contribution in [-0.4, -0.2) is 41.6 Å². The Balaban J connectivity index is 1.86. The number of carboxylic acids is 1. The topological polar surface area (TPSA) is 55.8 Å². The molecule has 5 heteroatoms. The van der Waals surface area contributed by atoms with Gasteiger partial charge in [0.05, 0.1) is 6.61 Å². The van der Waals surface area contributed by atoms with E-state index in [4.69, 9.17) is 14.6 Å². The summed E-state index contributed by atoms with van der Waals surface area (Å²) >= 11 is 1.87. The molecule has 0 amide bonds. The van der Waals surface area contributed by atoms with Gasteiger partial charge in [0.25, 0.3) is 0 Å². The average molecular weight is 204 g/mol. The number of hydrogen-bond donors (Lipinski definition) is 1. The van der Waals surface area contributed by atoms with Crippen LogP contribution in [0.5, 0.6) is 0 Å². The van der Waals surface area contributed by atoms with Crippen LogP contribution in [0, 0.1) is 5.92 Å². The minimum atomic E-state index is -0.923. The van der Waals surface area contributed by atoms with Crippen LogP contribution >= 0.6 is 11.8 Å². The summed E-state index contributed by atoms with van der Waals surface area (Å²) < 4.78 is 10.6. The largest absolute Gasteiger partial charge is 0.479 e. The first-order valence-corrected chi connectivity index (χ1v) is 5.50. The van der Waals surface area contributed by atoms with Crippen molar-refractivity contribution in [2.24, 2.45) is 5.92 Å². The molecule has 74 valence electrons. The molecule has 2 aliphatic heterocycles. The Kier molecular flexibility index (Phi) is 2.76. The maximum atomic E-state index is 10.6. The monoisotopic (exact) mass is 204 g/mol. The van der Waals surface area contributed by atoms with E-state index in [1.54, 1.807) is 0 Å². The molecular formula is C8H12O4S. The fourth-order valence-corrected chi connectivity index (χ4v) is 2.83. The molecule has 0 aromatic carbocycles. The Morgan fingerprint density at radius 2 is 2.38 bits per heavy atom. The lowest BCUT2D eigenvalue weighted by Gasteiger charge is -2.15. The van der Waals surface area contributed by atoms with E-state index in [0.29, 0.717) is 5.92 Å². The third-order valence-corrected chi connectivity index (χ3v) is 3.52. The number of carbonyl (C=O) groups is 1. The number of hydrogen-bond acceptors (Lipinski definition) is 4. The van der Waals surface area contributed by atoms with Gasteiger partial charge < -0.3 is 14.6 Å². The predicted molar refractivity (Wildman–Crippen MR) is 47.7 cm³/mol. The van der Waals surface area contributed by atoms with Crippen LogP contribution in [0.15, 0.2) is 0 Å². The molecule has 0 aromatic heterocycles. The van der Waals surface area contributed by atoms with Crippen molar-refractivity contribution in [2.45, 2.75) is 18.8 Å². The van der Waals surface area contributed by atoms with Gasteiger partial charge in [-0.1, -0.05) is 0 Å². The highest BCUT2D eigenvalue weighted by Crippen LogP contribution is 2.31. The van der Waals surface area contributed by atoms with Crippen molar-refractivity contribution in [3.05, 3.63) is 0 Å². The van der Waals surface area contributed by atoms with Gasteiger partial charge in [-0.05, 0) is 12.2 Å². The van der Waals surface area contributed by atoms with E-state index < -0.39 is 12.1 Å². The van der Waals surface area contributed by atoms with Gasteiger partial charge in [-0.2, -0.15) is 11.8 Å². The molecule has 1 N–H and O–H groups in total. The molecule has 0 bridgehead atoms. The highest BCUT2D eigenvalue weighted by Gasteiger charge is 2.37. The van der Waals surface area contributed by atoms with Gasteiger partial charge in [-0.3, -0.25) is 0 Å². The number of carboxylic acid groups (broad SMARTS) is 1. The summed E-state index contributed by atoms with van der Waals surface area (Å²) in [5.41, 5.74) is 0. The van der Waals surface area contributed by atoms with Crippen molar-refractivity contribution >= 4 is 17.7 Å². The van der Waals surface area contributed by atoms with Crippen molar-refractivity contribution in [3.63, 3.8) is 0 Å². The molecular weight excluding hydrogens is 192 g/mol. The molecule has 2 aliphatic rings. The van der Waals surface area contributed by atoms with E-state index in [0.717, 1.165) is 17.9 Å². The van der Waals surface area contributed by atoms with Crippen LogP contribution < -0.4 is 0 Å². The second kappa shape index (κ2) is 3.86. The zero-order chi connectivity index (χ0) is 9.26. The Bertz CT molecular complexity index is 202. The van der Waals surface area contributed by atoms with Crippen molar-refractivity contribution < 1.29 is 19.4 Å². The van der Waals surface area contributed by atoms with Gasteiger partial charge >= 0.3 is 5.97 Å². The first-order valence-electron chi connectivity index (χ1n) is 4.35. The lowest BCUT2D eigenvalue weighted by Crippen LogP contribution is -2.26. The smallest absolute Gasteiger partial charge is 0.335 e. The summed E-state index contributed by atoms with van der Waals surface area (Å²) in [5, 5.41) is 8.66. The highest BCUT2D eigenvalue weighted by molar-refractivity contribution is 7.99. The van der Waals surface area contributed by atoms with Crippen molar-refractivity contribution in [1.29, 1.82) is 0 Å². The molecule has 0 saturated carbocycles. The van der Waals surface area contributed by atoms with Crippen LogP contribution in [0.25, 0.3) is 0 Å². The van der Waals surface area contributed by atoms with Crippen LogP contribution in [-0.2, 0) is 14.3 Å². The average Bonchev–Trinajstić information content (AvgIpc) is 2.75. The molecule has 0 radical (unpaired) electrons. The molecule has 2 heterocycles. The molecule has 3 unspecified atom stereocenters. The molecule has 2 fully saturated rings. The molecule has 4 nitrogen and oxygen atoms in total. The number of thioether (sulfide) groups is 1. The fourth-order valence-electron chi connectivity index (χ4n) is 1.57. The van der Waals surface area contributed by atoms with Crippen molar-refractivity contribution in [1.82, 2.24) is 0 Å². The van der Waals surface area contributed by atoms with Gasteiger partial charge in [0.2, 0.25) is 0 Å². The SMILES string of the molecule is O=C(O)C1COC(C2CCSC2)O1. The first-order chi connectivity index (χ1) is 6.27. The summed E-state index contributed by atoms with van der Waals surface area (Å²) in [6.07, 6.45) is 0.0356. The van der Waals surface area contributed by atoms with Crippen molar-refractivity contribution in [3.8, 4) is 0 Å². The molecule has 0 aromatic rings. The summed E-state index contributed by atoms with van der Waals surface area (Å²) in [6, 6.07) is 0. The maximum absolute atomic E-state index is 10.6. The van der Waals surface area contributed by atoms with Gasteiger partial charge in [-0.25, -0.2) is 4.79 Å². The Hall–Kier alpha value is -0.260. The zero-order valence-electron chi connectivity index (χ0n) is 7.14. The standard InChI is InChI=1S/C8H12O4S/c9-7(10)6-3-11-8(12-6)5-1-2-13-4-5/h5-6,8H,1-4H2,(H,9,10). The molecule has 0 aliphatic carbocycles. The van der Waals surface area contributed by atoms with E-state index in [2.05, 4.69) is 0 Å². The molecule has 2 saturated heterocycles. The maximum Gasteiger partial charge on any atom is 0.335 e. The minimum Gasteiger partial charge on any atom is -0.479 e. The first kappa shape index (κ1) is 9.30. The second-order valence-electron chi connectivity index (χ2n) is 3.29. The summed E-state index contributed by atoms with van der Waals surface area (Å²) in [5.74, 6) is 1.62. The van der Waals surface area contributed by atoms with E-state index >= 15 is 0 Å². The second-order valence-corrected chi connectivity index (χ2v) is 4.44. The summed E-state index contributed by atoms with van der Waals surface area (Å²) in [4.78, 5) is 10.6. The quantitative estimate of drug-likeness (QED) is 0.712. The Labute approximate surface area is 80.6 Å². The zero-order valence-corrected chi connectivity index (χ0v) is 7.96. The Morgan fingerprint density at radius 1 is 1.54 bits per heavy atom. The summed E-state index contributed by atoms with van der Waals surface area (Å²) in [6.45, 7) is 0.196. The van der Waals surface area contributed by atoms with Crippen LogP contribution in [0.1, 0.15) is 6.42 Å². The van der Waals surface area contributed by atoms with Crippen LogP contribution in [0.3, 0.4) is 0 Å². The van der Waals surface area contributed by atoms with E-state index in [1.807, 2.05) is 11.8 Å². The van der Waals surface area contributed by atoms with Gasteiger partial charge in [0.15, 0.2) is 12.4 Å².